The van der Waals surface area contributed by atoms with Crippen LogP contribution in [0.25, 0.3) is 0 Å². The molecule has 1 heterocycles. The number of nitrogens with two attached hydrogens (primary N) is 1. The van der Waals surface area contributed by atoms with E-state index in [1.165, 1.54) is 0 Å². The molecule has 0 fully saturated rings. The Morgan fingerprint density at radius 3 is 2.65 bits per heavy atom. The molecule has 0 aliphatic carbocycles. The predicted molar refractivity (Wildman–Crippen MR) is 71.3 cm³/mol. The average molecular weight is 236 g/mol. The van der Waals surface area contributed by atoms with Gasteiger partial charge >= 0.3 is 0 Å². The van der Waals surface area contributed by atoms with Crippen LogP contribution >= 0.6 is 0 Å². The molecule has 3 heteroatoms. The van der Waals surface area contributed by atoms with Crippen molar-refractivity contribution in [1.82, 2.24) is 4.98 Å². The molecule has 96 valence electrons. The zero-order chi connectivity index (χ0) is 12.8. The van der Waals surface area contributed by atoms with E-state index >= 15 is 0 Å². The molecule has 1 rings (SSSR count). The molecule has 0 bridgehead atoms. The van der Waals surface area contributed by atoms with Crippen LogP contribution in [-0.2, 0) is 6.42 Å². The first-order valence-electron chi connectivity index (χ1n) is 6.37. The van der Waals surface area contributed by atoms with Crippen LogP contribution in [-0.4, -0.2) is 17.6 Å². The number of rotatable bonds is 6. The minimum Gasteiger partial charge on any atom is -0.491 e. The van der Waals surface area contributed by atoms with E-state index in [-0.39, 0.29) is 6.04 Å². The average Bonchev–Trinajstić information content (AvgIpc) is 2.27. The SMILES string of the molecule is CCC(N)Cc1nc(C)ccc1OCC(C)C. The Kier molecular flexibility index (Phi) is 5.42. The molecule has 0 aromatic carbocycles. The molecule has 0 spiro atoms. The molecule has 0 radical (unpaired) electrons. The molecule has 1 unspecified atom stereocenters. The Balaban J connectivity index is 2.79. The summed E-state index contributed by atoms with van der Waals surface area (Å²) in [5.74, 6) is 1.40. The minimum atomic E-state index is 0.158. The van der Waals surface area contributed by atoms with E-state index < -0.39 is 0 Å². The van der Waals surface area contributed by atoms with Crippen LogP contribution in [0.2, 0.25) is 0 Å². The van der Waals surface area contributed by atoms with Crippen LogP contribution in [0, 0.1) is 12.8 Å². The van der Waals surface area contributed by atoms with Gasteiger partial charge in [0, 0.05) is 18.2 Å². The van der Waals surface area contributed by atoms with Crippen LogP contribution in [0.4, 0.5) is 0 Å². The summed E-state index contributed by atoms with van der Waals surface area (Å²) in [4.78, 5) is 4.53. The van der Waals surface area contributed by atoms with Gasteiger partial charge in [-0.15, -0.1) is 0 Å². The number of nitrogens with zero attached hydrogens (tertiary/aromatic N) is 1. The van der Waals surface area contributed by atoms with Gasteiger partial charge in [0.2, 0.25) is 0 Å². The van der Waals surface area contributed by atoms with Crippen molar-refractivity contribution in [2.75, 3.05) is 6.61 Å². The van der Waals surface area contributed by atoms with E-state index in [0.29, 0.717) is 5.92 Å². The third kappa shape index (κ3) is 4.73. The van der Waals surface area contributed by atoms with Crippen molar-refractivity contribution in [3.8, 4) is 5.75 Å². The van der Waals surface area contributed by atoms with E-state index in [2.05, 4.69) is 25.8 Å². The number of aromatic nitrogens is 1. The summed E-state index contributed by atoms with van der Waals surface area (Å²) < 4.78 is 5.78. The highest BCUT2D eigenvalue weighted by Gasteiger charge is 2.10. The number of pyridine rings is 1. The summed E-state index contributed by atoms with van der Waals surface area (Å²) in [7, 11) is 0. The maximum atomic E-state index is 5.98. The van der Waals surface area contributed by atoms with E-state index in [1.54, 1.807) is 0 Å². The first kappa shape index (κ1) is 14.0. The van der Waals surface area contributed by atoms with Crippen LogP contribution in [0.15, 0.2) is 12.1 Å². The lowest BCUT2D eigenvalue weighted by molar-refractivity contribution is 0.266. The smallest absolute Gasteiger partial charge is 0.140 e. The Hall–Kier alpha value is -1.09. The fraction of sp³-hybridized carbons (Fsp3) is 0.643. The molecule has 3 nitrogen and oxygen atoms in total. The number of hydrogen-bond acceptors (Lipinski definition) is 3. The van der Waals surface area contributed by atoms with Gasteiger partial charge in [-0.2, -0.15) is 0 Å². The number of hydrogen-bond donors (Lipinski definition) is 1. The van der Waals surface area contributed by atoms with Gasteiger partial charge in [0.15, 0.2) is 0 Å². The molecule has 0 amide bonds. The third-order valence-corrected chi connectivity index (χ3v) is 2.62. The van der Waals surface area contributed by atoms with Crippen molar-refractivity contribution in [1.29, 1.82) is 0 Å². The molecular weight excluding hydrogens is 212 g/mol. The topological polar surface area (TPSA) is 48.1 Å². The predicted octanol–water partition coefficient (Wildman–Crippen LogP) is 2.70. The van der Waals surface area contributed by atoms with Gasteiger partial charge in [0.05, 0.1) is 12.3 Å². The highest BCUT2D eigenvalue weighted by molar-refractivity contribution is 5.30. The van der Waals surface area contributed by atoms with Gasteiger partial charge in [0.25, 0.3) is 0 Å². The quantitative estimate of drug-likeness (QED) is 0.826. The third-order valence-electron chi connectivity index (χ3n) is 2.62. The Bertz CT molecular complexity index is 350. The fourth-order valence-corrected chi connectivity index (χ4v) is 1.52. The van der Waals surface area contributed by atoms with E-state index in [4.69, 9.17) is 10.5 Å². The summed E-state index contributed by atoms with van der Waals surface area (Å²) in [6.07, 6.45) is 1.74. The summed E-state index contributed by atoms with van der Waals surface area (Å²) in [6.45, 7) is 9.08. The maximum Gasteiger partial charge on any atom is 0.140 e. The summed E-state index contributed by atoms with van der Waals surface area (Å²) in [5, 5.41) is 0. The first-order chi connectivity index (χ1) is 8.02. The van der Waals surface area contributed by atoms with Gasteiger partial charge < -0.3 is 10.5 Å². The molecule has 0 aliphatic heterocycles. The number of aryl methyl sites for hydroxylation is 1. The van der Waals surface area contributed by atoms with Crippen LogP contribution in [0.5, 0.6) is 5.75 Å². The van der Waals surface area contributed by atoms with Gasteiger partial charge in [-0.25, -0.2) is 0 Å². The van der Waals surface area contributed by atoms with Crippen molar-refractivity contribution < 1.29 is 4.74 Å². The monoisotopic (exact) mass is 236 g/mol. The van der Waals surface area contributed by atoms with Gasteiger partial charge in [-0.05, 0) is 31.4 Å². The number of ether oxygens (including phenoxy) is 1. The van der Waals surface area contributed by atoms with Crippen molar-refractivity contribution in [2.45, 2.75) is 46.6 Å². The van der Waals surface area contributed by atoms with Gasteiger partial charge in [-0.1, -0.05) is 20.8 Å². The van der Waals surface area contributed by atoms with Gasteiger partial charge in [0.1, 0.15) is 5.75 Å². The summed E-state index contributed by atoms with van der Waals surface area (Å²) in [6, 6.07) is 4.14. The van der Waals surface area contributed by atoms with E-state index in [9.17, 15) is 0 Å². The molecule has 0 aliphatic rings. The standard InChI is InChI=1S/C14H24N2O/c1-5-12(15)8-13-14(17-9-10(2)3)7-6-11(4)16-13/h6-7,10,12H,5,8-9,15H2,1-4H3. The van der Waals surface area contributed by atoms with Crippen LogP contribution in [0.3, 0.4) is 0 Å². The van der Waals surface area contributed by atoms with Crippen molar-refractivity contribution in [3.63, 3.8) is 0 Å². The van der Waals surface area contributed by atoms with E-state index in [1.807, 2.05) is 19.1 Å². The zero-order valence-corrected chi connectivity index (χ0v) is 11.4. The molecule has 2 N–H and O–H groups in total. The highest BCUT2D eigenvalue weighted by atomic mass is 16.5. The lowest BCUT2D eigenvalue weighted by Crippen LogP contribution is -2.22. The molecule has 1 aromatic rings. The minimum absolute atomic E-state index is 0.158. The maximum absolute atomic E-state index is 5.98. The second-order valence-electron chi connectivity index (χ2n) is 4.97. The Morgan fingerprint density at radius 2 is 2.06 bits per heavy atom. The Morgan fingerprint density at radius 1 is 1.35 bits per heavy atom. The van der Waals surface area contributed by atoms with Crippen molar-refractivity contribution in [3.05, 3.63) is 23.5 Å². The van der Waals surface area contributed by atoms with Crippen LogP contribution < -0.4 is 10.5 Å². The van der Waals surface area contributed by atoms with Crippen LogP contribution in [0.1, 0.15) is 38.6 Å². The molecule has 17 heavy (non-hydrogen) atoms. The Labute approximate surface area is 104 Å². The normalized spacial score (nSPS) is 12.8. The summed E-state index contributed by atoms with van der Waals surface area (Å²) in [5.41, 5.74) is 7.98. The molecular formula is C14H24N2O. The second kappa shape index (κ2) is 6.60. The lowest BCUT2D eigenvalue weighted by Gasteiger charge is -2.15. The van der Waals surface area contributed by atoms with Crippen molar-refractivity contribution >= 4 is 0 Å². The fourth-order valence-electron chi connectivity index (χ4n) is 1.52. The summed E-state index contributed by atoms with van der Waals surface area (Å²) >= 11 is 0. The lowest BCUT2D eigenvalue weighted by atomic mass is 10.1. The molecule has 0 saturated heterocycles. The molecule has 0 saturated carbocycles. The van der Waals surface area contributed by atoms with E-state index in [0.717, 1.165) is 36.6 Å². The highest BCUT2D eigenvalue weighted by Crippen LogP contribution is 2.19. The zero-order valence-electron chi connectivity index (χ0n) is 11.4. The van der Waals surface area contributed by atoms with Gasteiger partial charge in [-0.3, -0.25) is 4.98 Å². The molecule has 1 atom stereocenters. The largest absolute Gasteiger partial charge is 0.491 e. The van der Waals surface area contributed by atoms with Crippen molar-refractivity contribution in [2.24, 2.45) is 11.7 Å². The first-order valence-corrected chi connectivity index (χ1v) is 6.37. The molecule has 1 aromatic heterocycles. The second-order valence-corrected chi connectivity index (χ2v) is 4.97.